The number of hydrogen-bond acceptors (Lipinski definition) is 1. The zero-order chi connectivity index (χ0) is 10.6. The average Bonchev–Trinajstić information content (AvgIpc) is 2.87. The summed E-state index contributed by atoms with van der Waals surface area (Å²) in [6.07, 6.45) is 6.45. The van der Waals surface area contributed by atoms with Crippen LogP contribution in [0.5, 0.6) is 0 Å². The van der Waals surface area contributed by atoms with Crippen molar-refractivity contribution in [2.24, 2.45) is 0 Å². The fourth-order valence-corrected chi connectivity index (χ4v) is 3.43. The Kier molecular flexibility index (Phi) is 1.87. The number of allylic oxidation sites excluding steroid dienone is 3. The summed E-state index contributed by atoms with van der Waals surface area (Å²) in [5, 5.41) is 0. The standard InChI is InChI=1S/C13H19BO/c1-9-11-8-13(6-4-5-7-13)15-12(11)10(2)14(9)3/h4-8H2,1-3H3. The van der Waals surface area contributed by atoms with E-state index in [1.807, 2.05) is 0 Å². The van der Waals surface area contributed by atoms with E-state index in [1.165, 1.54) is 43.3 Å². The minimum atomic E-state index is 0.216. The van der Waals surface area contributed by atoms with Crippen LogP contribution in [0.2, 0.25) is 6.82 Å². The van der Waals surface area contributed by atoms with E-state index in [-0.39, 0.29) is 5.60 Å². The SMILES string of the molecule is CB1C(C)=C2CC3(CCCC3)OC2=C1C. The number of hydrogen-bond donors (Lipinski definition) is 0. The highest BCUT2D eigenvalue weighted by Crippen LogP contribution is 2.51. The maximum atomic E-state index is 6.31. The minimum absolute atomic E-state index is 0.216. The Morgan fingerprint density at radius 1 is 1.13 bits per heavy atom. The summed E-state index contributed by atoms with van der Waals surface area (Å²) in [6.45, 7) is 7.44. The van der Waals surface area contributed by atoms with E-state index in [0.717, 1.165) is 0 Å². The van der Waals surface area contributed by atoms with Crippen LogP contribution < -0.4 is 0 Å². The van der Waals surface area contributed by atoms with Gasteiger partial charge < -0.3 is 4.74 Å². The topological polar surface area (TPSA) is 9.23 Å². The molecule has 2 heterocycles. The van der Waals surface area contributed by atoms with Gasteiger partial charge in [-0.15, -0.1) is 0 Å². The molecule has 80 valence electrons. The van der Waals surface area contributed by atoms with Gasteiger partial charge in [0.2, 0.25) is 6.71 Å². The van der Waals surface area contributed by atoms with Gasteiger partial charge in [0.1, 0.15) is 11.4 Å². The van der Waals surface area contributed by atoms with Gasteiger partial charge in [0.25, 0.3) is 0 Å². The Morgan fingerprint density at radius 2 is 1.80 bits per heavy atom. The van der Waals surface area contributed by atoms with Crippen LogP contribution in [-0.4, -0.2) is 12.3 Å². The van der Waals surface area contributed by atoms with Gasteiger partial charge in [-0.25, -0.2) is 0 Å². The molecule has 2 aliphatic heterocycles. The Balaban J connectivity index is 1.99. The predicted molar refractivity (Wildman–Crippen MR) is 63.9 cm³/mol. The van der Waals surface area contributed by atoms with E-state index in [4.69, 9.17) is 4.74 Å². The molecule has 0 aromatic carbocycles. The minimum Gasteiger partial charge on any atom is -0.488 e. The second kappa shape index (κ2) is 2.93. The molecule has 2 fully saturated rings. The zero-order valence-electron chi connectivity index (χ0n) is 10.0. The lowest BCUT2D eigenvalue weighted by Crippen LogP contribution is -2.23. The quantitative estimate of drug-likeness (QED) is 0.546. The molecule has 0 unspecified atom stereocenters. The first kappa shape index (κ1) is 9.56. The van der Waals surface area contributed by atoms with Gasteiger partial charge in [0, 0.05) is 6.42 Å². The number of fused-ring (bicyclic) bond motifs is 1. The molecule has 3 aliphatic rings. The molecule has 0 amide bonds. The molecule has 15 heavy (non-hydrogen) atoms. The van der Waals surface area contributed by atoms with Crippen molar-refractivity contribution in [1.82, 2.24) is 0 Å². The zero-order valence-corrected chi connectivity index (χ0v) is 10.0. The summed E-state index contributed by atoms with van der Waals surface area (Å²) < 4.78 is 6.31. The summed E-state index contributed by atoms with van der Waals surface area (Å²) in [6, 6.07) is 0. The van der Waals surface area contributed by atoms with Gasteiger partial charge in [-0.2, -0.15) is 0 Å². The van der Waals surface area contributed by atoms with E-state index < -0.39 is 0 Å². The first-order chi connectivity index (χ1) is 7.13. The Hall–Kier alpha value is -0.655. The Labute approximate surface area is 92.7 Å². The molecule has 0 radical (unpaired) electrons. The van der Waals surface area contributed by atoms with Crippen molar-refractivity contribution >= 4 is 6.71 Å². The maximum Gasteiger partial charge on any atom is 0.201 e. The summed E-state index contributed by atoms with van der Waals surface area (Å²) in [7, 11) is 0. The van der Waals surface area contributed by atoms with Crippen LogP contribution in [0.3, 0.4) is 0 Å². The molecule has 0 N–H and O–H groups in total. The Bertz CT molecular complexity index is 342. The molecule has 3 rings (SSSR count). The fourth-order valence-electron chi connectivity index (χ4n) is 3.43. The molecule has 0 bridgehead atoms. The van der Waals surface area contributed by atoms with Crippen molar-refractivity contribution in [1.29, 1.82) is 0 Å². The fraction of sp³-hybridized carbons (Fsp3) is 0.692. The lowest BCUT2D eigenvalue weighted by molar-refractivity contribution is 0.0459. The van der Waals surface area contributed by atoms with Gasteiger partial charge in [0.05, 0.1) is 0 Å². The third-order valence-electron chi connectivity index (χ3n) is 4.74. The van der Waals surface area contributed by atoms with E-state index in [9.17, 15) is 0 Å². The smallest absolute Gasteiger partial charge is 0.201 e. The highest BCUT2D eigenvalue weighted by atomic mass is 16.5. The van der Waals surface area contributed by atoms with E-state index in [0.29, 0.717) is 6.71 Å². The van der Waals surface area contributed by atoms with Crippen molar-refractivity contribution in [3.05, 3.63) is 22.3 Å². The van der Waals surface area contributed by atoms with Crippen molar-refractivity contribution in [3.63, 3.8) is 0 Å². The lowest BCUT2D eigenvalue weighted by atomic mass is 9.44. The predicted octanol–water partition coefficient (Wildman–Crippen LogP) is 3.53. The average molecular weight is 202 g/mol. The normalized spacial score (nSPS) is 28.1. The molecule has 0 atom stereocenters. The molecule has 1 saturated carbocycles. The summed E-state index contributed by atoms with van der Waals surface area (Å²) in [4.78, 5) is 0. The monoisotopic (exact) mass is 202 g/mol. The largest absolute Gasteiger partial charge is 0.488 e. The molecular weight excluding hydrogens is 183 g/mol. The van der Waals surface area contributed by atoms with Gasteiger partial charge in [-0.3, -0.25) is 0 Å². The Morgan fingerprint density at radius 3 is 2.40 bits per heavy atom. The van der Waals surface area contributed by atoms with Crippen molar-refractivity contribution in [2.75, 3.05) is 0 Å². The number of rotatable bonds is 0. The molecule has 0 aromatic rings. The lowest BCUT2D eigenvalue weighted by Gasteiger charge is -2.23. The molecule has 1 spiro atoms. The van der Waals surface area contributed by atoms with Crippen molar-refractivity contribution in [3.8, 4) is 0 Å². The van der Waals surface area contributed by atoms with Crippen LogP contribution in [0.15, 0.2) is 22.3 Å². The third kappa shape index (κ3) is 1.17. The van der Waals surface area contributed by atoms with Crippen LogP contribution in [-0.2, 0) is 4.74 Å². The molecule has 0 aromatic heterocycles. The highest BCUT2D eigenvalue weighted by molar-refractivity contribution is 6.74. The van der Waals surface area contributed by atoms with Crippen LogP contribution in [0.4, 0.5) is 0 Å². The van der Waals surface area contributed by atoms with Gasteiger partial charge in [0.15, 0.2) is 0 Å². The molecule has 1 nitrogen and oxygen atoms in total. The van der Waals surface area contributed by atoms with Crippen molar-refractivity contribution in [2.45, 2.75) is 58.4 Å². The van der Waals surface area contributed by atoms with Gasteiger partial charge >= 0.3 is 0 Å². The van der Waals surface area contributed by atoms with E-state index in [1.54, 1.807) is 11.0 Å². The van der Waals surface area contributed by atoms with E-state index in [2.05, 4.69) is 20.7 Å². The van der Waals surface area contributed by atoms with Crippen molar-refractivity contribution < 1.29 is 4.74 Å². The van der Waals surface area contributed by atoms with Gasteiger partial charge in [-0.05, 0) is 38.2 Å². The first-order valence-electron chi connectivity index (χ1n) is 6.23. The summed E-state index contributed by atoms with van der Waals surface area (Å²) in [5.41, 5.74) is 4.78. The molecule has 1 aliphatic carbocycles. The summed E-state index contributed by atoms with van der Waals surface area (Å²) in [5.74, 6) is 1.27. The highest BCUT2D eigenvalue weighted by Gasteiger charge is 2.47. The van der Waals surface area contributed by atoms with Crippen LogP contribution in [0.1, 0.15) is 46.0 Å². The second-order valence-corrected chi connectivity index (χ2v) is 5.56. The second-order valence-electron chi connectivity index (χ2n) is 5.56. The molecule has 1 saturated heterocycles. The maximum absolute atomic E-state index is 6.31. The van der Waals surface area contributed by atoms with Crippen LogP contribution in [0, 0.1) is 0 Å². The third-order valence-corrected chi connectivity index (χ3v) is 4.74. The molecular formula is C13H19BO. The van der Waals surface area contributed by atoms with Crippen LogP contribution in [0.25, 0.3) is 0 Å². The molecule has 2 heteroatoms. The first-order valence-corrected chi connectivity index (χ1v) is 6.23. The van der Waals surface area contributed by atoms with Gasteiger partial charge in [-0.1, -0.05) is 24.7 Å². The number of ether oxygens (including phenoxy) is 1. The summed E-state index contributed by atoms with van der Waals surface area (Å²) >= 11 is 0. The van der Waals surface area contributed by atoms with Crippen LogP contribution >= 0.6 is 0 Å². The van der Waals surface area contributed by atoms with E-state index >= 15 is 0 Å².